The fourth-order valence-electron chi connectivity index (χ4n) is 3.25. The van der Waals surface area contributed by atoms with Crippen LogP contribution in [0.1, 0.15) is 44.3 Å². The number of aryl methyl sites for hydroxylation is 1. The maximum Gasteiger partial charge on any atom is 0.146 e. The van der Waals surface area contributed by atoms with Gasteiger partial charge in [0.15, 0.2) is 0 Å². The summed E-state index contributed by atoms with van der Waals surface area (Å²) in [5.74, 6) is 3.08. The van der Waals surface area contributed by atoms with E-state index in [9.17, 15) is 0 Å². The van der Waals surface area contributed by atoms with Gasteiger partial charge in [-0.15, -0.1) is 10.2 Å². The summed E-state index contributed by atoms with van der Waals surface area (Å²) in [4.78, 5) is 2.55. The predicted octanol–water partition coefficient (Wildman–Crippen LogP) is 1.77. The molecule has 2 aliphatic rings. The van der Waals surface area contributed by atoms with Crippen molar-refractivity contribution in [2.45, 2.75) is 51.6 Å². The lowest BCUT2D eigenvalue weighted by atomic mass is 9.80. The van der Waals surface area contributed by atoms with E-state index in [-0.39, 0.29) is 0 Å². The fourth-order valence-corrected chi connectivity index (χ4v) is 3.25. The van der Waals surface area contributed by atoms with Gasteiger partial charge >= 0.3 is 0 Å². The third-order valence-corrected chi connectivity index (χ3v) is 4.90. The molecular weight excluding hydrogens is 252 g/mol. The molecule has 0 bridgehead atoms. The van der Waals surface area contributed by atoms with Crippen molar-refractivity contribution in [1.82, 2.24) is 19.7 Å². The van der Waals surface area contributed by atoms with Gasteiger partial charge in [-0.2, -0.15) is 0 Å². The summed E-state index contributed by atoms with van der Waals surface area (Å²) in [5.41, 5.74) is 0. The third-order valence-electron chi connectivity index (χ3n) is 4.90. The van der Waals surface area contributed by atoms with Gasteiger partial charge in [-0.05, 0) is 12.3 Å². The number of ether oxygens (including phenoxy) is 1. The Kier molecular flexibility index (Phi) is 4.36. The van der Waals surface area contributed by atoms with Crippen molar-refractivity contribution in [2.24, 2.45) is 13.0 Å². The lowest BCUT2D eigenvalue weighted by Gasteiger charge is -2.39. The van der Waals surface area contributed by atoms with E-state index in [4.69, 9.17) is 4.74 Å². The van der Waals surface area contributed by atoms with Gasteiger partial charge in [0.1, 0.15) is 11.6 Å². The van der Waals surface area contributed by atoms with Crippen LogP contribution in [0.2, 0.25) is 0 Å². The SMILES string of the molecule is CCc1nnc(CN2CCOC[C@@H]2CC2CCC2)n1C. The molecule has 0 aromatic carbocycles. The van der Waals surface area contributed by atoms with Crippen molar-refractivity contribution in [1.29, 1.82) is 0 Å². The Morgan fingerprint density at radius 2 is 2.05 bits per heavy atom. The van der Waals surface area contributed by atoms with Gasteiger partial charge in [0.25, 0.3) is 0 Å². The minimum atomic E-state index is 0.566. The van der Waals surface area contributed by atoms with Gasteiger partial charge in [-0.25, -0.2) is 0 Å². The second-order valence-electron chi connectivity index (χ2n) is 6.18. The standard InChI is InChI=1S/C15H26N4O/c1-3-14-16-17-15(18(14)2)10-19-7-8-20-11-13(19)9-12-5-4-6-12/h12-13H,3-11H2,1-2H3/t13-/m0/s1. The highest BCUT2D eigenvalue weighted by atomic mass is 16.5. The number of nitrogens with zero attached hydrogens (tertiary/aromatic N) is 4. The number of rotatable bonds is 5. The Balaban J connectivity index is 1.64. The Bertz CT molecular complexity index is 441. The smallest absolute Gasteiger partial charge is 0.146 e. The molecule has 112 valence electrons. The molecule has 1 aliphatic heterocycles. The molecule has 2 fully saturated rings. The second-order valence-corrected chi connectivity index (χ2v) is 6.18. The van der Waals surface area contributed by atoms with Crippen molar-refractivity contribution in [3.05, 3.63) is 11.6 Å². The normalized spacial score (nSPS) is 24.8. The summed E-state index contributed by atoms with van der Waals surface area (Å²) in [7, 11) is 2.08. The van der Waals surface area contributed by atoms with Gasteiger partial charge < -0.3 is 9.30 Å². The summed E-state index contributed by atoms with van der Waals surface area (Å²) < 4.78 is 7.84. The van der Waals surface area contributed by atoms with Crippen LogP contribution in [0.3, 0.4) is 0 Å². The van der Waals surface area contributed by atoms with E-state index in [2.05, 4.69) is 33.6 Å². The molecular formula is C15H26N4O. The predicted molar refractivity (Wildman–Crippen MR) is 77.4 cm³/mol. The zero-order valence-electron chi connectivity index (χ0n) is 12.7. The summed E-state index contributed by atoms with van der Waals surface area (Å²) >= 11 is 0. The maximum absolute atomic E-state index is 5.69. The maximum atomic E-state index is 5.69. The van der Waals surface area contributed by atoms with Gasteiger partial charge in [-0.3, -0.25) is 4.90 Å². The lowest BCUT2D eigenvalue weighted by Crippen LogP contribution is -2.46. The highest BCUT2D eigenvalue weighted by Gasteiger charge is 2.29. The van der Waals surface area contributed by atoms with E-state index in [1.807, 2.05) is 0 Å². The van der Waals surface area contributed by atoms with Gasteiger partial charge in [0, 0.05) is 26.1 Å². The van der Waals surface area contributed by atoms with Crippen LogP contribution in [0.25, 0.3) is 0 Å². The molecule has 3 rings (SSSR count). The first-order valence-electron chi connectivity index (χ1n) is 7.97. The van der Waals surface area contributed by atoms with Crippen LogP contribution >= 0.6 is 0 Å². The summed E-state index contributed by atoms with van der Waals surface area (Å²) in [6.07, 6.45) is 6.47. The molecule has 0 spiro atoms. The molecule has 2 heterocycles. The summed E-state index contributed by atoms with van der Waals surface area (Å²) in [5, 5.41) is 8.63. The lowest BCUT2D eigenvalue weighted by molar-refractivity contribution is -0.0258. The van der Waals surface area contributed by atoms with Crippen LogP contribution in [0, 0.1) is 5.92 Å². The molecule has 5 nitrogen and oxygen atoms in total. The highest BCUT2D eigenvalue weighted by molar-refractivity contribution is 4.96. The van der Waals surface area contributed by atoms with Crippen molar-refractivity contribution in [2.75, 3.05) is 19.8 Å². The zero-order chi connectivity index (χ0) is 13.9. The van der Waals surface area contributed by atoms with E-state index in [1.54, 1.807) is 0 Å². The Morgan fingerprint density at radius 1 is 1.25 bits per heavy atom. The molecule has 1 aliphatic carbocycles. The fraction of sp³-hybridized carbons (Fsp3) is 0.867. The summed E-state index contributed by atoms with van der Waals surface area (Å²) in [6.45, 7) is 5.78. The first-order valence-corrected chi connectivity index (χ1v) is 7.97. The number of hydrogen-bond donors (Lipinski definition) is 0. The minimum absolute atomic E-state index is 0.566. The van der Waals surface area contributed by atoms with Crippen LogP contribution in [0.15, 0.2) is 0 Å². The van der Waals surface area contributed by atoms with Crippen LogP contribution in [0.4, 0.5) is 0 Å². The Hall–Kier alpha value is -0.940. The quantitative estimate of drug-likeness (QED) is 0.823. The molecule has 0 amide bonds. The first-order chi connectivity index (χ1) is 9.78. The molecule has 1 saturated heterocycles. The monoisotopic (exact) mass is 278 g/mol. The van der Waals surface area contributed by atoms with E-state index >= 15 is 0 Å². The summed E-state index contributed by atoms with van der Waals surface area (Å²) in [6, 6.07) is 0.566. The van der Waals surface area contributed by atoms with Crippen molar-refractivity contribution in [3.63, 3.8) is 0 Å². The zero-order valence-corrected chi connectivity index (χ0v) is 12.7. The topological polar surface area (TPSA) is 43.2 Å². The van der Waals surface area contributed by atoms with Gasteiger partial charge in [0.05, 0.1) is 19.8 Å². The van der Waals surface area contributed by atoms with Crippen molar-refractivity contribution in [3.8, 4) is 0 Å². The molecule has 0 N–H and O–H groups in total. The van der Waals surface area contributed by atoms with E-state index in [1.165, 1.54) is 25.7 Å². The third kappa shape index (κ3) is 2.88. The highest BCUT2D eigenvalue weighted by Crippen LogP contribution is 2.32. The van der Waals surface area contributed by atoms with Crippen LogP contribution in [-0.4, -0.2) is 45.5 Å². The molecule has 1 aromatic heterocycles. The van der Waals surface area contributed by atoms with Gasteiger partial charge in [0.2, 0.25) is 0 Å². The van der Waals surface area contributed by atoms with E-state index < -0.39 is 0 Å². The Morgan fingerprint density at radius 3 is 2.70 bits per heavy atom. The van der Waals surface area contributed by atoms with Crippen molar-refractivity contribution < 1.29 is 4.74 Å². The van der Waals surface area contributed by atoms with Gasteiger partial charge in [-0.1, -0.05) is 26.2 Å². The molecule has 20 heavy (non-hydrogen) atoms. The molecule has 1 saturated carbocycles. The number of morpholine rings is 1. The number of hydrogen-bond acceptors (Lipinski definition) is 4. The largest absolute Gasteiger partial charge is 0.378 e. The number of aromatic nitrogens is 3. The molecule has 0 radical (unpaired) electrons. The molecule has 1 aromatic rings. The first kappa shape index (κ1) is 14.0. The van der Waals surface area contributed by atoms with E-state index in [0.29, 0.717) is 6.04 Å². The average molecular weight is 278 g/mol. The molecule has 1 atom stereocenters. The van der Waals surface area contributed by atoms with Crippen molar-refractivity contribution >= 4 is 0 Å². The second kappa shape index (κ2) is 6.22. The molecule has 5 heteroatoms. The van der Waals surface area contributed by atoms with Crippen LogP contribution in [0.5, 0.6) is 0 Å². The Labute approximate surface area is 121 Å². The van der Waals surface area contributed by atoms with Crippen LogP contribution in [-0.2, 0) is 24.8 Å². The average Bonchev–Trinajstić information content (AvgIpc) is 2.76. The minimum Gasteiger partial charge on any atom is -0.378 e. The molecule has 0 unspecified atom stereocenters. The van der Waals surface area contributed by atoms with E-state index in [0.717, 1.165) is 50.3 Å². The van der Waals surface area contributed by atoms with Crippen LogP contribution < -0.4 is 0 Å².